The number of carbonyl (C=O) groups is 3. The largest absolute Gasteiger partial charge is 0.277 e. The second kappa shape index (κ2) is 4.24. The molecule has 0 saturated carbocycles. The number of rotatable bonds is 1. The molecule has 1 aromatic rings. The van der Waals surface area contributed by atoms with Crippen LogP contribution in [0.2, 0.25) is 0 Å². The van der Waals surface area contributed by atoms with Crippen LogP contribution in [0.15, 0.2) is 28.6 Å². The Morgan fingerprint density at radius 3 is 2.20 bits per heavy atom. The van der Waals surface area contributed by atoms with Crippen LogP contribution in [0.1, 0.15) is 27.1 Å². The molecule has 2 aliphatic heterocycles. The quantitative estimate of drug-likeness (QED) is 0.712. The minimum absolute atomic E-state index is 0.198. The summed E-state index contributed by atoms with van der Waals surface area (Å²) in [6.45, 7) is 0. The highest BCUT2D eigenvalue weighted by atomic mass is 32.2. The number of benzene rings is 1. The summed E-state index contributed by atoms with van der Waals surface area (Å²) in [4.78, 5) is 37.4. The van der Waals surface area contributed by atoms with E-state index in [2.05, 4.69) is 4.36 Å². The molecule has 2 unspecified atom stereocenters. The van der Waals surface area contributed by atoms with E-state index in [1.807, 2.05) is 0 Å². The number of hydrogen-bond acceptors (Lipinski definition) is 4. The maximum absolute atomic E-state index is 12.3. The van der Waals surface area contributed by atoms with E-state index in [0.717, 1.165) is 4.90 Å². The fraction of sp³-hybridized carbons (Fsp3) is 0.308. The lowest BCUT2D eigenvalue weighted by Gasteiger charge is -2.26. The first kappa shape index (κ1) is 13.0. The summed E-state index contributed by atoms with van der Waals surface area (Å²) in [5.74, 6) is -1.41. The minimum Gasteiger partial charge on any atom is -0.270 e. The van der Waals surface area contributed by atoms with Crippen LogP contribution >= 0.6 is 0 Å². The zero-order valence-corrected chi connectivity index (χ0v) is 11.6. The van der Waals surface area contributed by atoms with Crippen LogP contribution in [-0.4, -0.2) is 44.9 Å². The lowest BCUT2D eigenvalue weighted by molar-refractivity contribution is -0.121. The maximum atomic E-state index is 12.3. The van der Waals surface area contributed by atoms with Gasteiger partial charge in [-0.25, -0.2) is 4.21 Å². The predicted octanol–water partition coefficient (Wildman–Crippen LogP) is 0.679. The van der Waals surface area contributed by atoms with Crippen molar-refractivity contribution in [1.29, 1.82) is 0 Å². The van der Waals surface area contributed by atoms with Crippen LogP contribution in [0, 0.1) is 0 Å². The summed E-state index contributed by atoms with van der Waals surface area (Å²) in [5.41, 5.74) is 0.598. The molecule has 0 N–H and O–H groups in total. The van der Waals surface area contributed by atoms with Gasteiger partial charge in [0.1, 0.15) is 6.04 Å². The van der Waals surface area contributed by atoms with Gasteiger partial charge in [0.15, 0.2) is 0 Å². The SMILES string of the molecule is CS1(=O)=NC(=O)C(N2C(=O)c3ccccc3C2=O)CC1. The second-order valence-electron chi connectivity index (χ2n) is 4.92. The van der Waals surface area contributed by atoms with Gasteiger partial charge in [-0.3, -0.25) is 19.3 Å². The highest BCUT2D eigenvalue weighted by Gasteiger charge is 2.44. The van der Waals surface area contributed by atoms with Crippen molar-refractivity contribution in [3.63, 3.8) is 0 Å². The zero-order chi connectivity index (χ0) is 14.5. The number of fused-ring (bicyclic) bond motifs is 1. The summed E-state index contributed by atoms with van der Waals surface area (Å²) >= 11 is 0. The van der Waals surface area contributed by atoms with Crippen LogP contribution < -0.4 is 0 Å². The smallest absolute Gasteiger partial charge is 0.270 e. The van der Waals surface area contributed by atoms with E-state index in [0.29, 0.717) is 11.1 Å². The lowest BCUT2D eigenvalue weighted by Crippen LogP contribution is -2.47. The van der Waals surface area contributed by atoms with Gasteiger partial charge >= 0.3 is 0 Å². The standard InChI is InChI=1S/C13H12N2O4S/c1-20(19)7-6-10(11(16)14-20)15-12(17)8-4-2-3-5-9(8)13(15)18/h2-5,10H,6-7H2,1H3. The highest BCUT2D eigenvalue weighted by molar-refractivity contribution is 7.93. The van der Waals surface area contributed by atoms with Crippen LogP contribution in [-0.2, 0) is 14.5 Å². The Hall–Kier alpha value is -2.02. The highest BCUT2D eigenvalue weighted by Crippen LogP contribution is 2.27. The van der Waals surface area contributed by atoms with E-state index in [1.165, 1.54) is 6.26 Å². The van der Waals surface area contributed by atoms with E-state index in [9.17, 15) is 18.6 Å². The van der Waals surface area contributed by atoms with Crippen LogP contribution in [0.4, 0.5) is 0 Å². The average molecular weight is 292 g/mol. The molecule has 2 aliphatic rings. The van der Waals surface area contributed by atoms with E-state index in [4.69, 9.17) is 0 Å². The van der Waals surface area contributed by atoms with Gasteiger partial charge in [0, 0.05) is 12.0 Å². The van der Waals surface area contributed by atoms with E-state index in [-0.39, 0.29) is 12.2 Å². The zero-order valence-electron chi connectivity index (χ0n) is 10.7. The van der Waals surface area contributed by atoms with E-state index < -0.39 is 33.5 Å². The molecule has 2 heterocycles. The van der Waals surface area contributed by atoms with Gasteiger partial charge in [-0.05, 0) is 18.6 Å². The molecule has 0 aromatic heterocycles. The van der Waals surface area contributed by atoms with Gasteiger partial charge in [-0.1, -0.05) is 12.1 Å². The third-order valence-corrected chi connectivity index (χ3v) is 5.03. The molecule has 2 atom stereocenters. The van der Waals surface area contributed by atoms with Crippen molar-refractivity contribution in [2.45, 2.75) is 12.5 Å². The average Bonchev–Trinajstić information content (AvgIpc) is 2.63. The summed E-state index contributed by atoms with van der Waals surface area (Å²) in [5, 5.41) is 0. The first-order valence-corrected chi connectivity index (χ1v) is 8.20. The molecule has 0 saturated heterocycles. The number of carbonyl (C=O) groups excluding carboxylic acids is 3. The summed E-state index contributed by atoms with van der Waals surface area (Å²) in [7, 11) is -2.52. The molecular weight excluding hydrogens is 280 g/mol. The number of hydrogen-bond donors (Lipinski definition) is 0. The first-order valence-electron chi connectivity index (χ1n) is 6.11. The number of nitrogens with zero attached hydrogens (tertiary/aromatic N) is 2. The summed E-state index contributed by atoms with van der Waals surface area (Å²) < 4.78 is 15.4. The minimum atomic E-state index is -2.52. The molecule has 0 fully saturated rings. The van der Waals surface area contributed by atoms with Crippen molar-refractivity contribution >= 4 is 27.5 Å². The second-order valence-corrected chi connectivity index (χ2v) is 7.43. The summed E-state index contributed by atoms with van der Waals surface area (Å²) in [6, 6.07) is 5.52. The van der Waals surface area contributed by atoms with Crippen molar-refractivity contribution in [1.82, 2.24) is 4.90 Å². The molecule has 0 radical (unpaired) electrons. The third-order valence-electron chi connectivity index (χ3n) is 3.48. The number of amides is 3. The molecular formula is C13H12N2O4S. The van der Waals surface area contributed by atoms with Crippen molar-refractivity contribution in [2.24, 2.45) is 4.36 Å². The Bertz CT molecular complexity index is 726. The Kier molecular flexibility index (Phi) is 2.75. The molecule has 7 heteroatoms. The van der Waals surface area contributed by atoms with E-state index >= 15 is 0 Å². The fourth-order valence-electron chi connectivity index (χ4n) is 2.48. The number of imide groups is 1. The molecule has 3 amide bonds. The first-order chi connectivity index (χ1) is 9.41. The van der Waals surface area contributed by atoms with Crippen molar-refractivity contribution < 1.29 is 18.6 Å². The molecule has 104 valence electrons. The van der Waals surface area contributed by atoms with Crippen LogP contribution in [0.25, 0.3) is 0 Å². The normalized spacial score (nSPS) is 29.4. The Morgan fingerprint density at radius 2 is 1.70 bits per heavy atom. The summed E-state index contributed by atoms with van der Waals surface area (Å²) in [6.07, 6.45) is 1.60. The van der Waals surface area contributed by atoms with E-state index in [1.54, 1.807) is 24.3 Å². The van der Waals surface area contributed by atoms with Gasteiger partial charge in [0.2, 0.25) is 0 Å². The molecule has 0 bridgehead atoms. The Morgan fingerprint density at radius 1 is 1.15 bits per heavy atom. The maximum Gasteiger partial charge on any atom is 0.277 e. The Labute approximate surface area is 115 Å². The van der Waals surface area contributed by atoms with Crippen LogP contribution in [0.3, 0.4) is 0 Å². The lowest BCUT2D eigenvalue weighted by atomic mass is 10.1. The van der Waals surface area contributed by atoms with Gasteiger partial charge in [0.25, 0.3) is 17.7 Å². The predicted molar refractivity (Wildman–Crippen MR) is 71.7 cm³/mol. The van der Waals surface area contributed by atoms with Gasteiger partial charge in [-0.2, -0.15) is 4.36 Å². The third kappa shape index (κ3) is 1.85. The van der Waals surface area contributed by atoms with Gasteiger partial charge in [-0.15, -0.1) is 0 Å². The monoisotopic (exact) mass is 292 g/mol. The van der Waals surface area contributed by atoms with Crippen molar-refractivity contribution in [3.05, 3.63) is 35.4 Å². The van der Waals surface area contributed by atoms with Crippen molar-refractivity contribution in [2.75, 3.05) is 12.0 Å². The molecule has 20 heavy (non-hydrogen) atoms. The molecule has 0 aliphatic carbocycles. The topological polar surface area (TPSA) is 83.9 Å². The van der Waals surface area contributed by atoms with Gasteiger partial charge in [0.05, 0.1) is 20.9 Å². The van der Waals surface area contributed by atoms with Crippen LogP contribution in [0.5, 0.6) is 0 Å². The fourth-order valence-corrected chi connectivity index (χ4v) is 3.74. The molecule has 0 spiro atoms. The van der Waals surface area contributed by atoms with Crippen molar-refractivity contribution in [3.8, 4) is 0 Å². The molecule has 6 nitrogen and oxygen atoms in total. The molecule has 3 rings (SSSR count). The van der Waals surface area contributed by atoms with Gasteiger partial charge < -0.3 is 0 Å². The molecule has 1 aromatic carbocycles. The Balaban J connectivity index is 2.01.